The van der Waals surface area contributed by atoms with Crippen molar-refractivity contribution < 1.29 is 19.5 Å². The molecular formula is C33H44N4O4S. The Hall–Kier alpha value is -3.04. The molecule has 42 heavy (non-hydrogen) atoms. The van der Waals surface area contributed by atoms with E-state index in [1.807, 2.05) is 61.5 Å². The Labute approximate surface area is 253 Å². The highest BCUT2D eigenvalue weighted by Gasteiger charge is 2.77. The summed E-state index contributed by atoms with van der Waals surface area (Å²) in [5.41, 5.74) is 2.72. The Morgan fingerprint density at radius 3 is 2.36 bits per heavy atom. The van der Waals surface area contributed by atoms with Crippen molar-refractivity contribution in [2.24, 2.45) is 11.8 Å². The Morgan fingerprint density at radius 2 is 1.74 bits per heavy atom. The van der Waals surface area contributed by atoms with Gasteiger partial charge in [0, 0.05) is 35.8 Å². The third kappa shape index (κ3) is 5.19. The molecule has 2 aromatic carbocycles. The Kier molecular flexibility index (Phi) is 8.90. The van der Waals surface area contributed by atoms with Gasteiger partial charge in [0.1, 0.15) is 6.04 Å². The van der Waals surface area contributed by atoms with Gasteiger partial charge in [-0.2, -0.15) is 0 Å². The highest BCUT2D eigenvalue weighted by atomic mass is 32.2. The van der Waals surface area contributed by atoms with E-state index in [4.69, 9.17) is 0 Å². The van der Waals surface area contributed by atoms with Gasteiger partial charge in [-0.15, -0.1) is 11.8 Å². The molecule has 2 aromatic rings. The van der Waals surface area contributed by atoms with E-state index in [9.17, 15) is 19.5 Å². The van der Waals surface area contributed by atoms with Gasteiger partial charge in [0.25, 0.3) is 0 Å². The van der Waals surface area contributed by atoms with Crippen LogP contribution in [-0.2, 0) is 20.8 Å². The van der Waals surface area contributed by atoms with E-state index in [0.29, 0.717) is 25.1 Å². The lowest BCUT2D eigenvalue weighted by molar-refractivity contribution is -0.142. The van der Waals surface area contributed by atoms with Gasteiger partial charge in [0.15, 0.2) is 0 Å². The zero-order valence-electron chi connectivity index (χ0n) is 25.1. The molecule has 3 aliphatic rings. The highest BCUT2D eigenvalue weighted by molar-refractivity contribution is 8.02. The van der Waals surface area contributed by atoms with E-state index in [-0.39, 0.29) is 24.3 Å². The number of hydrogen-bond donors (Lipinski definition) is 3. The Balaban J connectivity index is 1.51. The smallest absolute Gasteiger partial charge is 0.248 e. The number of amides is 3. The molecule has 2 bridgehead atoms. The average molecular weight is 593 g/mol. The number of nitrogens with one attached hydrogen (secondary N) is 2. The molecule has 0 aliphatic carbocycles. The molecule has 3 amide bonds. The summed E-state index contributed by atoms with van der Waals surface area (Å²) in [6.07, 6.45) is 2.65. The molecule has 6 atom stereocenters. The number of fused-ring (bicyclic) bond motifs is 1. The monoisotopic (exact) mass is 592 g/mol. The molecule has 3 saturated heterocycles. The summed E-state index contributed by atoms with van der Waals surface area (Å²) >= 11 is 1.65. The topological polar surface area (TPSA) is 102 Å². The van der Waals surface area contributed by atoms with Crippen LogP contribution in [0.3, 0.4) is 0 Å². The van der Waals surface area contributed by atoms with E-state index in [1.54, 1.807) is 16.7 Å². The molecule has 1 spiro atoms. The van der Waals surface area contributed by atoms with Gasteiger partial charge < -0.3 is 25.5 Å². The van der Waals surface area contributed by atoms with Crippen LogP contribution in [0.25, 0.3) is 0 Å². The van der Waals surface area contributed by atoms with Crippen LogP contribution in [0.4, 0.5) is 11.4 Å². The lowest BCUT2D eigenvalue weighted by Gasteiger charge is -2.37. The normalized spacial score (nSPS) is 28.5. The number of aliphatic hydroxyl groups excluding tert-OH is 1. The molecule has 226 valence electrons. The van der Waals surface area contributed by atoms with E-state index in [1.165, 1.54) is 0 Å². The number of likely N-dealkylation sites (tertiary alicyclic amines) is 1. The fourth-order valence-electron chi connectivity index (χ4n) is 7.51. The lowest BCUT2D eigenvalue weighted by atomic mass is 9.66. The van der Waals surface area contributed by atoms with E-state index in [0.717, 1.165) is 37.2 Å². The average Bonchev–Trinajstić information content (AvgIpc) is 3.57. The summed E-state index contributed by atoms with van der Waals surface area (Å²) in [5, 5.41) is 16.8. The predicted molar refractivity (Wildman–Crippen MR) is 169 cm³/mol. The van der Waals surface area contributed by atoms with E-state index < -0.39 is 33.4 Å². The third-order valence-corrected chi connectivity index (χ3v) is 11.5. The second-order valence-electron chi connectivity index (χ2n) is 12.0. The van der Waals surface area contributed by atoms with Gasteiger partial charge in [0.05, 0.1) is 29.2 Å². The molecule has 9 heteroatoms. The third-order valence-electron chi connectivity index (χ3n) is 9.48. The SMILES string of the molecule is CCCNC(=O)[C@@H]1[C@H]2C(=O)N([C@@H](CO)Cc3ccccc3)C(C(=O)Nc3ccc(N(CC)CC)cc3)C23CC[C@@]1(C)S3. The van der Waals surface area contributed by atoms with Crippen molar-refractivity contribution in [1.29, 1.82) is 0 Å². The van der Waals surface area contributed by atoms with Gasteiger partial charge in [-0.3, -0.25) is 14.4 Å². The van der Waals surface area contributed by atoms with Crippen molar-refractivity contribution >= 4 is 40.9 Å². The van der Waals surface area contributed by atoms with Crippen LogP contribution in [0.2, 0.25) is 0 Å². The van der Waals surface area contributed by atoms with Crippen molar-refractivity contribution in [3.63, 3.8) is 0 Å². The van der Waals surface area contributed by atoms with Gasteiger partial charge in [0.2, 0.25) is 17.7 Å². The number of aliphatic hydroxyl groups is 1. The summed E-state index contributed by atoms with van der Waals surface area (Å²) in [6, 6.07) is 16.1. The quantitative estimate of drug-likeness (QED) is 0.343. The van der Waals surface area contributed by atoms with Crippen molar-refractivity contribution in [3.05, 3.63) is 60.2 Å². The van der Waals surface area contributed by atoms with E-state index >= 15 is 0 Å². The number of nitrogens with zero attached hydrogens (tertiary/aromatic N) is 2. The van der Waals surface area contributed by atoms with Crippen LogP contribution in [0.1, 0.15) is 52.5 Å². The molecule has 0 radical (unpaired) electrons. The highest BCUT2D eigenvalue weighted by Crippen LogP contribution is 2.71. The summed E-state index contributed by atoms with van der Waals surface area (Å²) in [5.74, 6) is -1.72. The first-order chi connectivity index (χ1) is 20.2. The van der Waals surface area contributed by atoms with Gasteiger partial charge >= 0.3 is 0 Å². The summed E-state index contributed by atoms with van der Waals surface area (Å²) in [4.78, 5) is 46.3. The summed E-state index contributed by atoms with van der Waals surface area (Å²) in [7, 11) is 0. The fraction of sp³-hybridized carbons (Fsp3) is 0.545. The number of hydrogen-bond acceptors (Lipinski definition) is 6. The Bertz CT molecular complexity index is 1290. The number of carbonyl (C=O) groups is 3. The van der Waals surface area contributed by atoms with Gasteiger partial charge in [-0.05, 0) is 76.3 Å². The fourth-order valence-corrected chi connectivity index (χ4v) is 9.85. The van der Waals surface area contributed by atoms with Crippen LogP contribution in [0.15, 0.2) is 54.6 Å². The summed E-state index contributed by atoms with van der Waals surface area (Å²) < 4.78 is -1.17. The van der Waals surface area contributed by atoms with Crippen molar-refractivity contribution in [3.8, 4) is 0 Å². The molecule has 3 aliphatic heterocycles. The minimum atomic E-state index is -0.811. The van der Waals surface area contributed by atoms with E-state index in [2.05, 4.69) is 36.3 Å². The van der Waals surface area contributed by atoms with Crippen LogP contribution in [-0.4, -0.2) is 75.5 Å². The molecule has 3 N–H and O–H groups in total. The molecule has 0 aromatic heterocycles. The maximum absolute atomic E-state index is 14.5. The zero-order valence-corrected chi connectivity index (χ0v) is 26.0. The minimum absolute atomic E-state index is 0.108. The maximum Gasteiger partial charge on any atom is 0.248 e. The molecule has 5 rings (SSSR count). The number of thioether (sulfide) groups is 1. The number of benzene rings is 2. The largest absolute Gasteiger partial charge is 0.394 e. The first kappa shape index (κ1) is 30.4. The molecular weight excluding hydrogens is 548 g/mol. The molecule has 3 heterocycles. The second kappa shape index (κ2) is 12.3. The van der Waals surface area contributed by atoms with Crippen LogP contribution < -0.4 is 15.5 Å². The Morgan fingerprint density at radius 1 is 1.05 bits per heavy atom. The number of anilines is 2. The molecule has 8 nitrogen and oxygen atoms in total. The van der Waals surface area contributed by atoms with Crippen LogP contribution >= 0.6 is 11.8 Å². The minimum Gasteiger partial charge on any atom is -0.394 e. The predicted octanol–water partition coefficient (Wildman–Crippen LogP) is 4.08. The van der Waals surface area contributed by atoms with Gasteiger partial charge in [-0.1, -0.05) is 37.3 Å². The molecule has 0 saturated carbocycles. The molecule has 2 unspecified atom stereocenters. The van der Waals surface area contributed by atoms with Crippen LogP contribution in [0, 0.1) is 11.8 Å². The van der Waals surface area contributed by atoms with Crippen molar-refractivity contribution in [1.82, 2.24) is 10.2 Å². The number of carbonyl (C=O) groups excluding carboxylic acids is 3. The standard InChI is InChI=1S/C33H44N4O4S/c1-5-19-34-29(39)26-27-31(41)37(25(21-38)20-22-11-9-8-10-12-22)28(33(27)18-17-32(26,4)42-33)30(40)35-23-13-15-24(16-14-23)36(6-2)7-3/h8-16,25-28,38H,5-7,17-21H2,1-4H3,(H,34,39)(H,35,40)/t25-,26+,27+,28?,32-,33?/m1/s1. The molecule has 3 fully saturated rings. The van der Waals surface area contributed by atoms with Gasteiger partial charge in [-0.25, -0.2) is 0 Å². The first-order valence-electron chi connectivity index (χ1n) is 15.3. The van der Waals surface area contributed by atoms with Crippen molar-refractivity contribution in [2.45, 2.75) is 75.0 Å². The zero-order chi connectivity index (χ0) is 30.1. The van der Waals surface area contributed by atoms with Crippen molar-refractivity contribution in [2.75, 3.05) is 36.5 Å². The first-order valence-corrected chi connectivity index (χ1v) is 16.1. The van der Waals surface area contributed by atoms with Crippen LogP contribution in [0.5, 0.6) is 0 Å². The number of rotatable bonds is 12. The second-order valence-corrected chi connectivity index (χ2v) is 13.9. The lowest BCUT2D eigenvalue weighted by Crippen LogP contribution is -2.55. The maximum atomic E-state index is 14.5. The summed E-state index contributed by atoms with van der Waals surface area (Å²) in [6.45, 7) is 10.3.